The van der Waals surface area contributed by atoms with Crippen molar-refractivity contribution < 1.29 is 19.8 Å². The molecule has 1 saturated heterocycles. The van der Waals surface area contributed by atoms with Crippen LogP contribution in [-0.2, 0) is 6.54 Å². The first kappa shape index (κ1) is 17.8. The molecule has 0 unspecified atom stereocenters. The fourth-order valence-corrected chi connectivity index (χ4v) is 3.30. The third-order valence-corrected chi connectivity index (χ3v) is 4.76. The summed E-state index contributed by atoms with van der Waals surface area (Å²) in [5.41, 5.74) is 1.95. The SMILES string of the molecule is Cc1cccc(C[N+]2(c3ccc(C(=O)O)cn3)CCN(C(=O)O)CC2)n1. The van der Waals surface area contributed by atoms with E-state index in [1.807, 2.05) is 25.1 Å². The summed E-state index contributed by atoms with van der Waals surface area (Å²) in [5.74, 6) is -0.296. The second-order valence-electron chi connectivity index (χ2n) is 6.50. The topological polar surface area (TPSA) is 104 Å². The van der Waals surface area contributed by atoms with Crippen molar-refractivity contribution in [1.29, 1.82) is 0 Å². The van der Waals surface area contributed by atoms with Crippen molar-refractivity contribution in [2.75, 3.05) is 26.2 Å². The van der Waals surface area contributed by atoms with E-state index in [9.17, 15) is 14.7 Å². The number of carbonyl (C=O) groups is 2. The normalized spacial score (nSPS) is 16.3. The Morgan fingerprint density at radius 3 is 2.42 bits per heavy atom. The molecule has 0 atom stereocenters. The number of aromatic carboxylic acids is 1. The van der Waals surface area contributed by atoms with Gasteiger partial charge in [0.2, 0.25) is 5.82 Å². The molecule has 2 aromatic heterocycles. The van der Waals surface area contributed by atoms with Crippen LogP contribution >= 0.6 is 0 Å². The van der Waals surface area contributed by atoms with Gasteiger partial charge < -0.3 is 10.2 Å². The van der Waals surface area contributed by atoms with Gasteiger partial charge in [-0.2, -0.15) is 0 Å². The second-order valence-corrected chi connectivity index (χ2v) is 6.50. The largest absolute Gasteiger partial charge is 0.478 e. The highest BCUT2D eigenvalue weighted by atomic mass is 16.4. The molecule has 1 fully saturated rings. The van der Waals surface area contributed by atoms with E-state index in [-0.39, 0.29) is 5.56 Å². The van der Waals surface area contributed by atoms with Crippen molar-refractivity contribution in [3.8, 4) is 0 Å². The van der Waals surface area contributed by atoms with Crippen LogP contribution in [0.1, 0.15) is 21.7 Å². The molecule has 8 nitrogen and oxygen atoms in total. The molecule has 1 amide bonds. The van der Waals surface area contributed by atoms with Gasteiger partial charge in [0.05, 0.1) is 24.3 Å². The number of rotatable bonds is 4. The highest BCUT2D eigenvalue weighted by Gasteiger charge is 2.38. The monoisotopic (exact) mass is 357 g/mol. The summed E-state index contributed by atoms with van der Waals surface area (Å²) in [5, 5.41) is 18.3. The zero-order valence-electron chi connectivity index (χ0n) is 14.5. The molecule has 1 aliphatic rings. The van der Waals surface area contributed by atoms with Gasteiger partial charge in [-0.3, -0.25) is 14.4 Å². The molecule has 3 heterocycles. The highest BCUT2D eigenvalue weighted by Crippen LogP contribution is 2.26. The van der Waals surface area contributed by atoms with Crippen LogP contribution in [0.2, 0.25) is 0 Å². The minimum Gasteiger partial charge on any atom is -0.478 e. The number of quaternary nitrogens is 1. The highest BCUT2D eigenvalue weighted by molar-refractivity contribution is 5.87. The van der Waals surface area contributed by atoms with Gasteiger partial charge in [0.15, 0.2) is 0 Å². The van der Waals surface area contributed by atoms with Gasteiger partial charge in [0, 0.05) is 18.0 Å². The van der Waals surface area contributed by atoms with Crippen LogP contribution in [0.15, 0.2) is 36.5 Å². The van der Waals surface area contributed by atoms with E-state index in [0.29, 0.717) is 37.2 Å². The summed E-state index contributed by atoms with van der Waals surface area (Å²) < 4.78 is 0.445. The van der Waals surface area contributed by atoms with Crippen LogP contribution in [0.25, 0.3) is 0 Å². The van der Waals surface area contributed by atoms with E-state index < -0.39 is 12.1 Å². The number of carboxylic acid groups (broad SMARTS) is 2. The lowest BCUT2D eigenvalue weighted by Crippen LogP contribution is -2.61. The quantitative estimate of drug-likeness (QED) is 0.811. The van der Waals surface area contributed by atoms with Gasteiger partial charge in [-0.25, -0.2) is 14.6 Å². The fraction of sp³-hybridized carbons (Fsp3) is 0.333. The van der Waals surface area contributed by atoms with Gasteiger partial charge in [-0.05, 0) is 25.1 Å². The van der Waals surface area contributed by atoms with Gasteiger partial charge in [0.25, 0.3) is 0 Å². The lowest BCUT2D eigenvalue weighted by Gasteiger charge is -2.42. The number of nitrogens with zero attached hydrogens (tertiary/aromatic N) is 4. The van der Waals surface area contributed by atoms with Crippen LogP contribution in [0.5, 0.6) is 0 Å². The van der Waals surface area contributed by atoms with E-state index in [2.05, 4.69) is 9.97 Å². The van der Waals surface area contributed by atoms with Crippen LogP contribution in [0.3, 0.4) is 0 Å². The van der Waals surface area contributed by atoms with Crippen molar-refractivity contribution >= 4 is 17.9 Å². The lowest BCUT2D eigenvalue weighted by atomic mass is 10.1. The molecule has 26 heavy (non-hydrogen) atoms. The van der Waals surface area contributed by atoms with Gasteiger partial charge in [0.1, 0.15) is 19.6 Å². The average molecular weight is 357 g/mol. The second kappa shape index (κ2) is 7.09. The first-order chi connectivity index (χ1) is 12.4. The van der Waals surface area contributed by atoms with Crippen LogP contribution in [0.4, 0.5) is 10.6 Å². The summed E-state index contributed by atoms with van der Waals surface area (Å²) in [4.78, 5) is 32.7. The van der Waals surface area contributed by atoms with Crippen molar-refractivity contribution in [2.45, 2.75) is 13.5 Å². The van der Waals surface area contributed by atoms with E-state index >= 15 is 0 Å². The molecule has 0 aliphatic carbocycles. The Balaban J connectivity index is 1.93. The number of hydrogen-bond donors (Lipinski definition) is 2. The number of aryl methyl sites for hydroxylation is 1. The lowest BCUT2D eigenvalue weighted by molar-refractivity contribution is 0.0695. The Labute approximate surface area is 150 Å². The summed E-state index contributed by atoms with van der Waals surface area (Å²) in [7, 11) is 0. The van der Waals surface area contributed by atoms with Crippen LogP contribution in [0, 0.1) is 6.92 Å². The predicted octanol–water partition coefficient (Wildman–Crippen LogP) is 1.98. The smallest absolute Gasteiger partial charge is 0.407 e. The number of hydrogen-bond acceptors (Lipinski definition) is 4. The van der Waals surface area contributed by atoms with Gasteiger partial charge in [-0.1, -0.05) is 6.07 Å². The standard InChI is InChI=1S/C18H20N4O4/c1-13-3-2-4-15(20-13)12-22(9-7-21(8-10-22)18(25)26)16-6-5-14(11-19-16)17(23)24/h2-6,11H,7-10,12H2,1H3,(H-,23,24,25,26)/p+1. The summed E-state index contributed by atoms with van der Waals surface area (Å²) in [6.07, 6.45) is 0.427. The van der Waals surface area contributed by atoms with E-state index in [0.717, 1.165) is 17.2 Å². The zero-order valence-corrected chi connectivity index (χ0v) is 14.5. The van der Waals surface area contributed by atoms with E-state index in [4.69, 9.17) is 5.11 Å². The van der Waals surface area contributed by atoms with Crippen molar-refractivity contribution in [1.82, 2.24) is 19.4 Å². The molecule has 1 aliphatic heterocycles. The maximum absolute atomic E-state index is 11.3. The van der Waals surface area contributed by atoms with Gasteiger partial charge >= 0.3 is 12.1 Å². The maximum atomic E-state index is 11.3. The molecule has 3 rings (SSSR count). The molecule has 0 bridgehead atoms. The number of carboxylic acids is 1. The van der Waals surface area contributed by atoms with Gasteiger partial charge in [-0.15, -0.1) is 0 Å². The zero-order chi connectivity index (χ0) is 18.7. The molecule has 8 heteroatoms. The van der Waals surface area contributed by atoms with Crippen molar-refractivity contribution in [3.05, 3.63) is 53.5 Å². The Morgan fingerprint density at radius 2 is 1.88 bits per heavy atom. The summed E-state index contributed by atoms with van der Waals surface area (Å²) >= 11 is 0. The van der Waals surface area contributed by atoms with Crippen molar-refractivity contribution in [3.63, 3.8) is 0 Å². The Morgan fingerprint density at radius 1 is 1.15 bits per heavy atom. The third kappa shape index (κ3) is 3.65. The van der Waals surface area contributed by atoms with E-state index in [1.54, 1.807) is 6.07 Å². The molecule has 0 radical (unpaired) electrons. The first-order valence-electron chi connectivity index (χ1n) is 8.36. The molecular formula is C18H21N4O4+. The molecule has 0 spiro atoms. The first-order valence-corrected chi connectivity index (χ1v) is 8.36. The predicted molar refractivity (Wildman–Crippen MR) is 95.0 cm³/mol. The Hall–Kier alpha value is -3.00. The number of pyridine rings is 2. The fourth-order valence-electron chi connectivity index (χ4n) is 3.30. The van der Waals surface area contributed by atoms with Crippen LogP contribution in [-0.4, -0.2) is 63.3 Å². The molecule has 2 N–H and O–H groups in total. The maximum Gasteiger partial charge on any atom is 0.407 e. The van der Waals surface area contributed by atoms with Crippen LogP contribution < -0.4 is 4.48 Å². The minimum atomic E-state index is -1.02. The molecule has 0 saturated carbocycles. The van der Waals surface area contributed by atoms with Crippen molar-refractivity contribution in [2.24, 2.45) is 0 Å². The summed E-state index contributed by atoms with van der Waals surface area (Å²) in [6.45, 7) is 4.40. The Bertz CT molecular complexity index is 814. The number of aromatic nitrogens is 2. The average Bonchev–Trinajstić information content (AvgIpc) is 2.62. The molecule has 2 aromatic rings. The Kier molecular flexibility index (Phi) is 4.85. The molecule has 136 valence electrons. The third-order valence-electron chi connectivity index (χ3n) is 4.76. The molecular weight excluding hydrogens is 336 g/mol. The number of piperazine rings is 1. The number of amides is 1. The van der Waals surface area contributed by atoms with E-state index in [1.165, 1.54) is 17.2 Å². The molecule has 0 aromatic carbocycles. The minimum absolute atomic E-state index is 0.129. The summed E-state index contributed by atoms with van der Waals surface area (Å²) in [6, 6.07) is 9.08.